The SMILES string of the molecule is CCNCC(=O)Nc1cccc(CCC(=O)O)c1. The fourth-order valence-corrected chi connectivity index (χ4v) is 1.50. The number of aryl methyl sites for hydroxylation is 1. The lowest BCUT2D eigenvalue weighted by molar-refractivity contribution is -0.137. The van der Waals surface area contributed by atoms with E-state index >= 15 is 0 Å². The van der Waals surface area contributed by atoms with Gasteiger partial charge >= 0.3 is 5.97 Å². The Morgan fingerprint density at radius 3 is 2.78 bits per heavy atom. The number of carbonyl (C=O) groups excluding carboxylic acids is 1. The minimum absolute atomic E-state index is 0.0921. The number of anilines is 1. The third-order valence-electron chi connectivity index (χ3n) is 2.37. The van der Waals surface area contributed by atoms with E-state index in [1.165, 1.54) is 0 Å². The number of amides is 1. The molecule has 0 atom stereocenters. The van der Waals surface area contributed by atoms with Crippen molar-refractivity contribution in [3.8, 4) is 0 Å². The van der Waals surface area contributed by atoms with E-state index in [0.717, 1.165) is 12.1 Å². The van der Waals surface area contributed by atoms with E-state index in [0.29, 0.717) is 12.1 Å². The van der Waals surface area contributed by atoms with Crippen LogP contribution in [0.25, 0.3) is 0 Å². The Morgan fingerprint density at radius 1 is 1.33 bits per heavy atom. The van der Waals surface area contributed by atoms with Gasteiger partial charge in [0.2, 0.25) is 5.91 Å². The predicted octanol–water partition coefficient (Wildman–Crippen LogP) is 1.25. The van der Waals surface area contributed by atoms with Crippen LogP contribution in [-0.4, -0.2) is 30.1 Å². The summed E-state index contributed by atoms with van der Waals surface area (Å²) in [7, 11) is 0. The minimum atomic E-state index is -0.823. The van der Waals surface area contributed by atoms with Crippen LogP contribution in [0.3, 0.4) is 0 Å². The molecule has 0 fully saturated rings. The average molecular weight is 250 g/mol. The first-order chi connectivity index (χ1) is 8.61. The van der Waals surface area contributed by atoms with Crippen LogP contribution < -0.4 is 10.6 Å². The van der Waals surface area contributed by atoms with Crippen LogP contribution in [0.5, 0.6) is 0 Å². The van der Waals surface area contributed by atoms with Gasteiger partial charge < -0.3 is 15.7 Å². The smallest absolute Gasteiger partial charge is 0.303 e. The van der Waals surface area contributed by atoms with Crippen molar-refractivity contribution in [1.82, 2.24) is 5.32 Å². The zero-order chi connectivity index (χ0) is 13.4. The maximum Gasteiger partial charge on any atom is 0.303 e. The van der Waals surface area contributed by atoms with E-state index in [1.807, 2.05) is 13.0 Å². The lowest BCUT2D eigenvalue weighted by atomic mass is 10.1. The Morgan fingerprint density at radius 2 is 2.11 bits per heavy atom. The molecule has 18 heavy (non-hydrogen) atoms. The summed E-state index contributed by atoms with van der Waals surface area (Å²) >= 11 is 0. The highest BCUT2D eigenvalue weighted by Crippen LogP contribution is 2.12. The predicted molar refractivity (Wildman–Crippen MR) is 69.6 cm³/mol. The molecule has 0 spiro atoms. The number of carboxylic acid groups (broad SMARTS) is 1. The molecule has 1 aromatic carbocycles. The summed E-state index contributed by atoms with van der Waals surface area (Å²) < 4.78 is 0. The third kappa shape index (κ3) is 5.45. The van der Waals surface area contributed by atoms with Crippen LogP contribution >= 0.6 is 0 Å². The van der Waals surface area contributed by atoms with Crippen molar-refractivity contribution in [3.05, 3.63) is 29.8 Å². The van der Waals surface area contributed by atoms with E-state index in [1.54, 1.807) is 18.2 Å². The average Bonchev–Trinajstić information content (AvgIpc) is 2.34. The Kier molecular flexibility index (Phi) is 5.87. The number of hydrogen-bond acceptors (Lipinski definition) is 3. The molecule has 0 heterocycles. The first-order valence-electron chi connectivity index (χ1n) is 5.93. The molecule has 3 N–H and O–H groups in total. The van der Waals surface area contributed by atoms with Crippen LogP contribution in [0.15, 0.2) is 24.3 Å². The second kappa shape index (κ2) is 7.45. The van der Waals surface area contributed by atoms with Crippen molar-refractivity contribution in [2.24, 2.45) is 0 Å². The van der Waals surface area contributed by atoms with Gasteiger partial charge in [-0.1, -0.05) is 19.1 Å². The summed E-state index contributed by atoms with van der Waals surface area (Å²) in [4.78, 5) is 22.0. The first kappa shape index (κ1) is 14.2. The fraction of sp³-hybridized carbons (Fsp3) is 0.385. The third-order valence-corrected chi connectivity index (χ3v) is 2.37. The van der Waals surface area contributed by atoms with Gasteiger partial charge in [-0.3, -0.25) is 9.59 Å². The summed E-state index contributed by atoms with van der Waals surface area (Å²) in [5.41, 5.74) is 1.60. The summed E-state index contributed by atoms with van der Waals surface area (Å²) in [5, 5.41) is 14.3. The van der Waals surface area contributed by atoms with E-state index in [2.05, 4.69) is 10.6 Å². The monoisotopic (exact) mass is 250 g/mol. The molecule has 1 rings (SSSR count). The summed E-state index contributed by atoms with van der Waals surface area (Å²) in [6.45, 7) is 2.95. The molecule has 5 nitrogen and oxygen atoms in total. The lowest BCUT2D eigenvalue weighted by Crippen LogP contribution is -2.27. The second-order valence-electron chi connectivity index (χ2n) is 3.92. The molecule has 0 aliphatic carbocycles. The van der Waals surface area contributed by atoms with Gasteiger partial charge in [-0.15, -0.1) is 0 Å². The molecular weight excluding hydrogens is 232 g/mol. The highest BCUT2D eigenvalue weighted by molar-refractivity contribution is 5.92. The number of rotatable bonds is 7. The molecule has 98 valence electrons. The molecule has 0 aromatic heterocycles. The lowest BCUT2D eigenvalue weighted by Gasteiger charge is -2.07. The molecule has 5 heteroatoms. The molecule has 0 radical (unpaired) electrons. The summed E-state index contributed by atoms with van der Waals surface area (Å²) in [6, 6.07) is 7.24. The number of aliphatic carboxylic acids is 1. The molecule has 0 aliphatic heterocycles. The normalized spacial score (nSPS) is 10.1. The number of likely N-dealkylation sites (N-methyl/N-ethyl adjacent to an activating group) is 1. The van der Waals surface area contributed by atoms with Crippen molar-refractivity contribution < 1.29 is 14.7 Å². The highest BCUT2D eigenvalue weighted by Gasteiger charge is 2.03. The van der Waals surface area contributed by atoms with Crippen molar-refractivity contribution in [2.75, 3.05) is 18.4 Å². The van der Waals surface area contributed by atoms with Gasteiger partial charge in [-0.25, -0.2) is 0 Å². The Balaban J connectivity index is 2.53. The Hall–Kier alpha value is -1.88. The quantitative estimate of drug-likeness (QED) is 0.680. The molecule has 0 saturated heterocycles. The zero-order valence-corrected chi connectivity index (χ0v) is 10.4. The number of nitrogens with one attached hydrogen (secondary N) is 2. The number of benzene rings is 1. The van der Waals surface area contributed by atoms with E-state index in [-0.39, 0.29) is 18.9 Å². The van der Waals surface area contributed by atoms with Gasteiger partial charge in [-0.2, -0.15) is 0 Å². The second-order valence-corrected chi connectivity index (χ2v) is 3.92. The van der Waals surface area contributed by atoms with Crippen LogP contribution in [-0.2, 0) is 16.0 Å². The molecule has 0 unspecified atom stereocenters. The van der Waals surface area contributed by atoms with E-state index < -0.39 is 5.97 Å². The molecule has 1 aromatic rings. The first-order valence-corrected chi connectivity index (χ1v) is 5.93. The number of carbonyl (C=O) groups is 2. The minimum Gasteiger partial charge on any atom is -0.481 e. The van der Waals surface area contributed by atoms with Gasteiger partial charge in [0.1, 0.15) is 0 Å². The maximum atomic E-state index is 11.5. The largest absolute Gasteiger partial charge is 0.481 e. The molecule has 1 amide bonds. The van der Waals surface area contributed by atoms with Crippen molar-refractivity contribution >= 4 is 17.6 Å². The van der Waals surface area contributed by atoms with Gasteiger partial charge in [-0.05, 0) is 30.7 Å². The van der Waals surface area contributed by atoms with Crippen LogP contribution in [0.2, 0.25) is 0 Å². The van der Waals surface area contributed by atoms with Gasteiger partial charge in [0.25, 0.3) is 0 Å². The Labute approximate surface area is 106 Å². The number of carboxylic acids is 1. The summed E-state index contributed by atoms with van der Waals surface area (Å²) in [6.07, 6.45) is 0.557. The topological polar surface area (TPSA) is 78.4 Å². The van der Waals surface area contributed by atoms with E-state index in [4.69, 9.17) is 5.11 Å². The molecule has 0 saturated carbocycles. The standard InChI is InChI=1S/C13H18N2O3/c1-2-14-9-12(16)15-11-5-3-4-10(8-11)6-7-13(17)18/h3-5,8,14H,2,6-7,9H2,1H3,(H,15,16)(H,17,18). The fourth-order valence-electron chi connectivity index (χ4n) is 1.50. The molecular formula is C13H18N2O3. The van der Waals surface area contributed by atoms with Crippen LogP contribution in [0.1, 0.15) is 18.9 Å². The van der Waals surface area contributed by atoms with Crippen molar-refractivity contribution in [1.29, 1.82) is 0 Å². The molecule has 0 bridgehead atoms. The van der Waals surface area contributed by atoms with Gasteiger partial charge in [0.05, 0.1) is 6.54 Å². The van der Waals surface area contributed by atoms with Crippen molar-refractivity contribution in [3.63, 3.8) is 0 Å². The Bertz CT molecular complexity index is 418. The number of hydrogen-bond donors (Lipinski definition) is 3. The maximum absolute atomic E-state index is 11.5. The zero-order valence-electron chi connectivity index (χ0n) is 10.4. The van der Waals surface area contributed by atoms with Crippen LogP contribution in [0, 0.1) is 0 Å². The summed E-state index contributed by atoms with van der Waals surface area (Å²) in [5.74, 6) is -0.927. The van der Waals surface area contributed by atoms with Gasteiger partial charge in [0, 0.05) is 12.1 Å². The van der Waals surface area contributed by atoms with Crippen molar-refractivity contribution in [2.45, 2.75) is 19.8 Å². The van der Waals surface area contributed by atoms with Crippen LogP contribution in [0.4, 0.5) is 5.69 Å². The molecule has 0 aliphatic rings. The van der Waals surface area contributed by atoms with Gasteiger partial charge in [0.15, 0.2) is 0 Å². The highest BCUT2D eigenvalue weighted by atomic mass is 16.4. The van der Waals surface area contributed by atoms with E-state index in [9.17, 15) is 9.59 Å².